The van der Waals surface area contributed by atoms with Gasteiger partial charge in [0.1, 0.15) is 0 Å². The molecule has 0 aliphatic carbocycles. The fourth-order valence-electron chi connectivity index (χ4n) is 5.38. The van der Waals surface area contributed by atoms with Gasteiger partial charge in [-0.1, -0.05) is 36.4 Å². The molecule has 2 aliphatic heterocycles. The molecular formula is C28H27N3O4. The number of aryl methyl sites for hydroxylation is 1. The van der Waals surface area contributed by atoms with Gasteiger partial charge in [-0.3, -0.25) is 0 Å². The average Bonchev–Trinajstić information content (AvgIpc) is 3.47. The molecule has 0 radical (unpaired) electrons. The van der Waals surface area contributed by atoms with Gasteiger partial charge in [-0.15, -0.1) is 0 Å². The maximum Gasteiger partial charge on any atom is 0.347 e. The monoisotopic (exact) mass is 469 g/mol. The van der Waals surface area contributed by atoms with Crippen LogP contribution in [0.1, 0.15) is 17.5 Å². The third-order valence-corrected chi connectivity index (χ3v) is 6.91. The molecular weight excluding hydrogens is 442 g/mol. The van der Waals surface area contributed by atoms with Gasteiger partial charge in [0, 0.05) is 65.0 Å². The van der Waals surface area contributed by atoms with Crippen LogP contribution in [-0.4, -0.2) is 59.3 Å². The van der Waals surface area contributed by atoms with Crippen molar-refractivity contribution in [1.82, 2.24) is 14.0 Å². The number of nitrogens with zero attached hydrogens (tertiary/aromatic N) is 3. The molecule has 0 N–H and O–H groups in total. The normalized spacial score (nSPS) is 18.9. The molecule has 0 amide bonds. The largest absolute Gasteiger partial charge is 0.386 e. The molecule has 1 atom stereocenters. The highest BCUT2D eigenvalue weighted by Gasteiger charge is 2.38. The zero-order chi connectivity index (χ0) is 24.1. The number of cyclic esters (lactones) is 2. The van der Waals surface area contributed by atoms with Crippen molar-refractivity contribution in [3.05, 3.63) is 72.1 Å². The van der Waals surface area contributed by atoms with Gasteiger partial charge in [-0.2, -0.15) is 0 Å². The van der Waals surface area contributed by atoms with Crippen LogP contribution in [0, 0.1) is 0 Å². The van der Waals surface area contributed by atoms with Crippen LogP contribution in [0.4, 0.5) is 0 Å². The van der Waals surface area contributed by atoms with Crippen molar-refractivity contribution in [2.75, 3.05) is 27.2 Å². The van der Waals surface area contributed by atoms with Crippen LogP contribution in [-0.2, 0) is 32.2 Å². The molecule has 1 unspecified atom stereocenters. The van der Waals surface area contributed by atoms with E-state index in [2.05, 4.69) is 28.1 Å². The van der Waals surface area contributed by atoms with Crippen LogP contribution >= 0.6 is 0 Å². The summed E-state index contributed by atoms with van der Waals surface area (Å²) in [5.74, 6) is -1.19. The second-order valence-electron chi connectivity index (χ2n) is 9.48. The number of hydrogen-bond acceptors (Lipinski definition) is 5. The summed E-state index contributed by atoms with van der Waals surface area (Å²) in [5.41, 5.74) is 4.12. The van der Waals surface area contributed by atoms with Crippen molar-refractivity contribution in [3.63, 3.8) is 0 Å². The number of benzene rings is 2. The first kappa shape index (κ1) is 21.8. The van der Waals surface area contributed by atoms with Gasteiger partial charge in [0.2, 0.25) is 0 Å². The summed E-state index contributed by atoms with van der Waals surface area (Å²) in [6.45, 7) is 2.74. The van der Waals surface area contributed by atoms with E-state index in [1.807, 2.05) is 60.9 Å². The van der Waals surface area contributed by atoms with Crippen LogP contribution in [0.2, 0.25) is 0 Å². The molecule has 0 spiro atoms. The Morgan fingerprint density at radius 1 is 0.829 bits per heavy atom. The van der Waals surface area contributed by atoms with Crippen LogP contribution in [0.5, 0.6) is 0 Å². The molecule has 4 aromatic rings. The highest BCUT2D eigenvalue weighted by atomic mass is 16.6. The SMILES string of the molecule is CN(C)CC1CCn2cc(c3ccccc32)C2=C(C(=O)OC2=O)c2cn(c3ccccc23)CCO1. The maximum absolute atomic E-state index is 13.1. The van der Waals surface area contributed by atoms with Crippen molar-refractivity contribution in [1.29, 1.82) is 0 Å². The minimum atomic E-state index is -0.598. The highest BCUT2D eigenvalue weighted by molar-refractivity contribution is 6.46. The molecule has 0 saturated carbocycles. The van der Waals surface area contributed by atoms with E-state index in [9.17, 15) is 9.59 Å². The van der Waals surface area contributed by atoms with E-state index in [1.54, 1.807) is 0 Å². The number of para-hydroxylation sites is 2. The summed E-state index contributed by atoms with van der Waals surface area (Å²) < 4.78 is 15.8. The Kier molecular flexibility index (Phi) is 5.31. The molecule has 2 aliphatic rings. The zero-order valence-electron chi connectivity index (χ0n) is 19.9. The zero-order valence-corrected chi connectivity index (χ0v) is 19.9. The van der Waals surface area contributed by atoms with Crippen molar-refractivity contribution in [2.24, 2.45) is 0 Å². The van der Waals surface area contributed by atoms with E-state index in [4.69, 9.17) is 9.47 Å². The molecule has 0 fully saturated rings. The lowest BCUT2D eigenvalue weighted by atomic mass is 9.95. The Morgan fingerprint density at radius 3 is 1.94 bits per heavy atom. The fraction of sp³-hybridized carbons (Fsp3) is 0.286. The summed E-state index contributed by atoms with van der Waals surface area (Å²) in [5, 5.41) is 1.84. The number of rotatable bonds is 2. The van der Waals surface area contributed by atoms with E-state index in [-0.39, 0.29) is 6.10 Å². The smallest absolute Gasteiger partial charge is 0.347 e. The van der Waals surface area contributed by atoms with Gasteiger partial charge in [-0.25, -0.2) is 9.59 Å². The van der Waals surface area contributed by atoms with Crippen molar-refractivity contribution in [3.8, 4) is 0 Å². The van der Waals surface area contributed by atoms with Crippen molar-refractivity contribution >= 4 is 44.9 Å². The first-order valence-corrected chi connectivity index (χ1v) is 11.9. The van der Waals surface area contributed by atoms with E-state index in [0.717, 1.165) is 46.9 Å². The summed E-state index contributed by atoms with van der Waals surface area (Å²) in [6.07, 6.45) is 4.82. The van der Waals surface area contributed by atoms with E-state index < -0.39 is 11.9 Å². The average molecular weight is 470 g/mol. The van der Waals surface area contributed by atoms with Gasteiger partial charge >= 0.3 is 11.9 Å². The van der Waals surface area contributed by atoms with Gasteiger partial charge < -0.3 is 23.5 Å². The Balaban J connectivity index is 1.62. The van der Waals surface area contributed by atoms with Crippen LogP contribution in [0.15, 0.2) is 60.9 Å². The summed E-state index contributed by atoms with van der Waals surface area (Å²) in [6, 6.07) is 15.9. The molecule has 2 aromatic heterocycles. The van der Waals surface area contributed by atoms with E-state index in [0.29, 0.717) is 29.9 Å². The third-order valence-electron chi connectivity index (χ3n) is 6.91. The molecule has 2 aromatic carbocycles. The summed E-state index contributed by atoms with van der Waals surface area (Å²) in [7, 11) is 4.11. The predicted octanol–water partition coefficient (Wildman–Crippen LogP) is 3.94. The Morgan fingerprint density at radius 2 is 1.37 bits per heavy atom. The molecule has 6 rings (SSSR count). The third kappa shape index (κ3) is 3.68. The highest BCUT2D eigenvalue weighted by Crippen LogP contribution is 2.40. The fourth-order valence-corrected chi connectivity index (χ4v) is 5.38. The van der Waals surface area contributed by atoms with Gasteiger partial charge in [0.25, 0.3) is 0 Å². The number of hydrogen-bond donors (Lipinski definition) is 0. The lowest BCUT2D eigenvalue weighted by Crippen LogP contribution is -2.30. The van der Waals surface area contributed by atoms with Crippen LogP contribution in [0.25, 0.3) is 33.0 Å². The molecule has 7 nitrogen and oxygen atoms in total. The minimum absolute atomic E-state index is 0.0617. The Bertz CT molecular complexity index is 1510. The second-order valence-corrected chi connectivity index (χ2v) is 9.48. The quantitative estimate of drug-likeness (QED) is 0.329. The standard InChI is InChI=1S/C28H27N3O4/c1-29(2)15-18-11-12-30-16-21(19-7-3-5-9-23(19)30)25-26(28(33)35-27(25)32)22-17-31(13-14-34-18)24-10-6-4-8-20(22)24/h3-10,16-18H,11-15H2,1-2H3. The number of carbonyl (C=O) groups excluding carboxylic acids is 2. The van der Waals surface area contributed by atoms with Crippen LogP contribution in [0.3, 0.4) is 0 Å². The number of carbonyl (C=O) groups is 2. The molecule has 178 valence electrons. The number of fused-ring (bicyclic) bond motifs is 12. The number of esters is 2. The lowest BCUT2D eigenvalue weighted by molar-refractivity contribution is -0.149. The van der Waals surface area contributed by atoms with Crippen molar-refractivity contribution < 1.29 is 19.1 Å². The maximum atomic E-state index is 13.1. The van der Waals surface area contributed by atoms with Crippen LogP contribution < -0.4 is 0 Å². The molecule has 4 bridgehead atoms. The first-order chi connectivity index (χ1) is 17.0. The van der Waals surface area contributed by atoms with Gasteiger partial charge in [0.15, 0.2) is 0 Å². The van der Waals surface area contributed by atoms with E-state index in [1.165, 1.54) is 0 Å². The van der Waals surface area contributed by atoms with E-state index >= 15 is 0 Å². The van der Waals surface area contributed by atoms with Gasteiger partial charge in [0.05, 0.1) is 23.9 Å². The lowest BCUT2D eigenvalue weighted by Gasteiger charge is -2.22. The Labute approximate surface area is 203 Å². The molecule has 4 heterocycles. The number of aromatic nitrogens is 2. The number of likely N-dealkylation sites (N-methyl/N-ethyl adjacent to an activating group) is 1. The summed E-state index contributed by atoms with van der Waals surface area (Å²) in [4.78, 5) is 28.3. The predicted molar refractivity (Wildman–Crippen MR) is 135 cm³/mol. The Hall–Kier alpha value is -3.68. The summed E-state index contributed by atoms with van der Waals surface area (Å²) >= 11 is 0. The number of ether oxygens (including phenoxy) is 2. The minimum Gasteiger partial charge on any atom is -0.386 e. The topological polar surface area (TPSA) is 65.7 Å². The van der Waals surface area contributed by atoms with Crippen molar-refractivity contribution in [2.45, 2.75) is 25.6 Å². The second kappa shape index (κ2) is 8.52. The van der Waals surface area contributed by atoms with Gasteiger partial charge in [-0.05, 0) is 32.6 Å². The first-order valence-electron chi connectivity index (χ1n) is 11.9. The molecule has 0 saturated heterocycles. The molecule has 7 heteroatoms. The molecule has 35 heavy (non-hydrogen) atoms.